The van der Waals surface area contributed by atoms with E-state index in [9.17, 15) is 4.79 Å². The number of anilines is 1. The lowest BCUT2D eigenvalue weighted by molar-refractivity contribution is -0.122. The Hall–Kier alpha value is -3.03. The van der Waals surface area contributed by atoms with Gasteiger partial charge in [0.15, 0.2) is 5.58 Å². The van der Waals surface area contributed by atoms with Gasteiger partial charge < -0.3 is 24.4 Å². The van der Waals surface area contributed by atoms with E-state index >= 15 is 0 Å². The third-order valence-electron chi connectivity index (χ3n) is 5.31. The van der Waals surface area contributed by atoms with Crippen molar-refractivity contribution in [3.05, 3.63) is 36.4 Å². The largest absolute Gasteiger partial charge is 0.497 e. The highest BCUT2D eigenvalue weighted by Gasteiger charge is 2.25. The molecule has 1 aromatic carbocycles. The number of imidazole rings is 1. The molecular formula is C21H27N5O3. The molecule has 0 bridgehead atoms. The average molecular weight is 397 g/mol. The monoisotopic (exact) mass is 397 g/mol. The van der Waals surface area contributed by atoms with Crippen LogP contribution in [0.5, 0.6) is 5.75 Å². The number of aryl methyl sites for hydroxylation is 1. The number of carbonyl (C=O) groups is 1. The van der Waals surface area contributed by atoms with Crippen molar-refractivity contribution in [3.8, 4) is 5.75 Å². The van der Waals surface area contributed by atoms with Crippen molar-refractivity contribution in [3.63, 3.8) is 0 Å². The molecule has 2 aromatic heterocycles. The zero-order chi connectivity index (χ0) is 20.1. The number of fused-ring (bicyclic) bond motifs is 1. The highest BCUT2D eigenvalue weighted by molar-refractivity contribution is 5.77. The van der Waals surface area contributed by atoms with Crippen LogP contribution >= 0.6 is 0 Å². The fourth-order valence-corrected chi connectivity index (χ4v) is 3.82. The third-order valence-corrected chi connectivity index (χ3v) is 5.31. The predicted molar refractivity (Wildman–Crippen MR) is 110 cm³/mol. The van der Waals surface area contributed by atoms with Gasteiger partial charge in [-0.25, -0.2) is 4.98 Å². The number of benzene rings is 1. The topological polar surface area (TPSA) is 96.3 Å². The molecule has 1 fully saturated rings. The van der Waals surface area contributed by atoms with Crippen molar-refractivity contribution < 1.29 is 13.9 Å². The fourth-order valence-electron chi connectivity index (χ4n) is 3.82. The summed E-state index contributed by atoms with van der Waals surface area (Å²) in [7, 11) is 1.64. The van der Waals surface area contributed by atoms with Gasteiger partial charge >= 0.3 is 0 Å². The van der Waals surface area contributed by atoms with Gasteiger partial charge in [0.25, 0.3) is 6.01 Å². The molecule has 8 heteroatoms. The Morgan fingerprint density at radius 1 is 1.45 bits per heavy atom. The normalized spacial score (nSPS) is 16.9. The van der Waals surface area contributed by atoms with E-state index in [-0.39, 0.29) is 5.91 Å². The van der Waals surface area contributed by atoms with Crippen molar-refractivity contribution >= 4 is 23.0 Å². The van der Waals surface area contributed by atoms with Gasteiger partial charge in [0.05, 0.1) is 7.11 Å². The van der Waals surface area contributed by atoms with E-state index in [4.69, 9.17) is 9.15 Å². The second-order valence-corrected chi connectivity index (χ2v) is 7.48. The van der Waals surface area contributed by atoms with Gasteiger partial charge in [-0.15, -0.1) is 0 Å². The Balaban J connectivity index is 1.27. The van der Waals surface area contributed by atoms with Crippen LogP contribution in [0.3, 0.4) is 0 Å². The molecule has 1 atom stereocenters. The summed E-state index contributed by atoms with van der Waals surface area (Å²) in [6.45, 7) is 2.35. The minimum Gasteiger partial charge on any atom is -0.497 e. The fraction of sp³-hybridized carbons (Fsp3) is 0.476. The number of piperidine rings is 1. The van der Waals surface area contributed by atoms with Gasteiger partial charge in [-0.3, -0.25) is 4.79 Å². The molecule has 1 saturated heterocycles. The molecule has 3 aromatic rings. The first-order valence-electron chi connectivity index (χ1n) is 10.2. The third kappa shape index (κ3) is 4.88. The second-order valence-electron chi connectivity index (χ2n) is 7.48. The Kier molecular flexibility index (Phi) is 5.97. The number of aromatic nitrogens is 3. The minimum atomic E-state index is 0.110. The van der Waals surface area contributed by atoms with Crippen LogP contribution in [0.1, 0.15) is 31.5 Å². The second kappa shape index (κ2) is 8.98. The average Bonchev–Trinajstić information content (AvgIpc) is 3.40. The van der Waals surface area contributed by atoms with Crippen molar-refractivity contribution in [1.82, 2.24) is 20.3 Å². The zero-order valence-corrected chi connectivity index (χ0v) is 16.7. The maximum Gasteiger partial charge on any atom is 0.298 e. The molecule has 1 amide bonds. The van der Waals surface area contributed by atoms with Crippen LogP contribution in [0.4, 0.5) is 6.01 Å². The summed E-state index contributed by atoms with van der Waals surface area (Å²) in [5.74, 6) is 2.13. The van der Waals surface area contributed by atoms with Crippen LogP contribution in [0.25, 0.3) is 11.1 Å². The van der Waals surface area contributed by atoms with Crippen LogP contribution < -0.4 is 15.0 Å². The van der Waals surface area contributed by atoms with E-state index in [0.717, 1.165) is 61.4 Å². The molecular weight excluding hydrogens is 370 g/mol. The number of methoxy groups -OCH3 is 1. The van der Waals surface area contributed by atoms with Gasteiger partial charge in [-0.2, -0.15) is 4.98 Å². The summed E-state index contributed by atoms with van der Waals surface area (Å²) >= 11 is 0. The van der Waals surface area contributed by atoms with E-state index < -0.39 is 0 Å². The summed E-state index contributed by atoms with van der Waals surface area (Å²) in [6.07, 6.45) is 7.88. The van der Waals surface area contributed by atoms with Crippen LogP contribution in [0.15, 0.2) is 35.0 Å². The molecule has 0 aliphatic carbocycles. The number of oxazole rings is 1. The number of ether oxygens (including phenoxy) is 1. The molecule has 29 heavy (non-hydrogen) atoms. The first-order valence-corrected chi connectivity index (χ1v) is 10.2. The summed E-state index contributed by atoms with van der Waals surface area (Å²) in [4.78, 5) is 26.3. The lowest BCUT2D eigenvalue weighted by Gasteiger charge is -2.31. The van der Waals surface area contributed by atoms with Gasteiger partial charge in [0.1, 0.15) is 17.1 Å². The highest BCUT2D eigenvalue weighted by Crippen LogP contribution is 2.29. The van der Waals surface area contributed by atoms with E-state index in [0.29, 0.717) is 24.9 Å². The standard InChI is InChI=1S/C21H27N5O3/c1-28-16-6-7-18-17(13-16)25-21(29-18)26-11-3-4-15(14-26)12-20(27)24-8-2-5-19-22-9-10-23-19/h6-7,9-10,13,15H,2-5,8,11-12,14H2,1H3,(H,22,23)(H,24,27). The summed E-state index contributed by atoms with van der Waals surface area (Å²) in [6, 6.07) is 6.24. The lowest BCUT2D eigenvalue weighted by atomic mass is 9.94. The van der Waals surface area contributed by atoms with Crippen LogP contribution in [0.2, 0.25) is 0 Å². The minimum absolute atomic E-state index is 0.110. The van der Waals surface area contributed by atoms with Crippen molar-refractivity contribution in [1.29, 1.82) is 0 Å². The number of nitrogens with one attached hydrogen (secondary N) is 2. The van der Waals surface area contributed by atoms with Crippen molar-refractivity contribution in [2.45, 2.75) is 32.1 Å². The number of nitrogens with zero attached hydrogens (tertiary/aromatic N) is 3. The van der Waals surface area contributed by atoms with Gasteiger partial charge in [-0.1, -0.05) is 0 Å². The number of H-pyrrole nitrogens is 1. The Bertz CT molecular complexity index is 937. The Labute approximate surface area is 169 Å². The molecule has 3 heterocycles. The maximum atomic E-state index is 12.3. The molecule has 1 unspecified atom stereocenters. The highest BCUT2D eigenvalue weighted by atomic mass is 16.5. The molecule has 4 rings (SSSR count). The summed E-state index contributed by atoms with van der Waals surface area (Å²) < 4.78 is 11.2. The summed E-state index contributed by atoms with van der Waals surface area (Å²) in [5, 5.41) is 3.03. The number of hydrogen-bond donors (Lipinski definition) is 2. The SMILES string of the molecule is COc1ccc2oc(N3CCCC(CC(=O)NCCCc4ncc[nH]4)C3)nc2c1. The quantitative estimate of drug-likeness (QED) is 0.568. The number of hydrogen-bond acceptors (Lipinski definition) is 6. The van der Waals surface area contributed by atoms with E-state index in [2.05, 4.69) is 25.2 Å². The lowest BCUT2D eigenvalue weighted by Crippen LogP contribution is -2.38. The Morgan fingerprint density at radius 2 is 2.38 bits per heavy atom. The van der Waals surface area contributed by atoms with Crippen molar-refractivity contribution in [2.24, 2.45) is 5.92 Å². The van der Waals surface area contributed by atoms with Crippen LogP contribution in [-0.2, 0) is 11.2 Å². The van der Waals surface area contributed by atoms with Crippen LogP contribution in [0, 0.1) is 5.92 Å². The van der Waals surface area contributed by atoms with E-state index in [1.165, 1.54) is 0 Å². The number of aromatic amines is 1. The zero-order valence-electron chi connectivity index (χ0n) is 16.7. The molecule has 0 saturated carbocycles. The van der Waals surface area contributed by atoms with Crippen LogP contribution in [-0.4, -0.2) is 47.6 Å². The maximum absolute atomic E-state index is 12.3. The Morgan fingerprint density at radius 3 is 3.21 bits per heavy atom. The van der Waals surface area contributed by atoms with Crippen molar-refractivity contribution in [2.75, 3.05) is 31.6 Å². The van der Waals surface area contributed by atoms with Gasteiger partial charge in [-0.05, 0) is 37.3 Å². The number of carbonyl (C=O) groups excluding carboxylic acids is 1. The molecule has 154 valence electrons. The van der Waals surface area contributed by atoms with E-state index in [1.54, 1.807) is 13.3 Å². The molecule has 1 aliphatic heterocycles. The molecule has 0 radical (unpaired) electrons. The molecule has 8 nitrogen and oxygen atoms in total. The number of rotatable bonds is 8. The first-order chi connectivity index (χ1) is 14.2. The molecule has 2 N–H and O–H groups in total. The summed E-state index contributed by atoms with van der Waals surface area (Å²) in [5.41, 5.74) is 1.54. The van der Waals surface area contributed by atoms with Gasteiger partial charge in [0.2, 0.25) is 5.91 Å². The molecule has 1 aliphatic rings. The molecule has 0 spiro atoms. The first kappa shape index (κ1) is 19.3. The predicted octanol–water partition coefficient (Wildman–Crippen LogP) is 2.92. The van der Waals surface area contributed by atoms with E-state index in [1.807, 2.05) is 24.4 Å². The van der Waals surface area contributed by atoms with Gasteiger partial charge in [0, 0.05) is 50.9 Å². The smallest absolute Gasteiger partial charge is 0.298 e. The number of amides is 1.